The second kappa shape index (κ2) is 10.0. The molecule has 144 valence electrons. The highest BCUT2D eigenvalue weighted by Crippen LogP contribution is 2.40. The number of carbonyl (C=O) groups excluding carboxylic acids is 1. The molecular formula is C24H20N2OS2. The number of aryl methyl sites for hydroxylation is 2. The number of nitrogens with one attached hydrogen (secondary N) is 1. The first-order valence-electron chi connectivity index (χ1n) is 9.05. The molecule has 1 N–H and O–H groups in total. The molecule has 3 nitrogen and oxygen atoms in total. The summed E-state index contributed by atoms with van der Waals surface area (Å²) in [5, 5.41) is 12.6. The van der Waals surface area contributed by atoms with Crippen molar-refractivity contribution in [3.05, 3.63) is 105 Å². The van der Waals surface area contributed by atoms with Gasteiger partial charge in [0.05, 0.1) is 4.24 Å². The fourth-order valence-corrected chi connectivity index (χ4v) is 4.58. The summed E-state index contributed by atoms with van der Waals surface area (Å²) in [5.41, 5.74) is 3.01. The van der Waals surface area contributed by atoms with E-state index in [9.17, 15) is 10.1 Å². The van der Waals surface area contributed by atoms with Gasteiger partial charge in [-0.2, -0.15) is 5.26 Å². The lowest BCUT2D eigenvalue weighted by Crippen LogP contribution is -2.22. The van der Waals surface area contributed by atoms with Crippen molar-refractivity contribution in [2.45, 2.75) is 23.6 Å². The molecule has 0 bridgehead atoms. The van der Waals surface area contributed by atoms with Gasteiger partial charge in [-0.3, -0.25) is 4.79 Å². The van der Waals surface area contributed by atoms with E-state index in [-0.39, 0.29) is 11.6 Å². The average molecular weight is 417 g/mol. The number of rotatable bonds is 6. The van der Waals surface area contributed by atoms with Crippen molar-refractivity contribution in [1.29, 1.82) is 5.26 Å². The molecule has 0 aromatic heterocycles. The van der Waals surface area contributed by atoms with Crippen LogP contribution in [0.3, 0.4) is 0 Å². The molecular weight excluding hydrogens is 396 g/mol. The zero-order valence-electron chi connectivity index (χ0n) is 16.2. The van der Waals surface area contributed by atoms with Crippen LogP contribution in [0.2, 0.25) is 0 Å². The molecule has 0 spiro atoms. The highest BCUT2D eigenvalue weighted by atomic mass is 32.2. The van der Waals surface area contributed by atoms with Crippen molar-refractivity contribution in [2.75, 3.05) is 0 Å². The molecule has 5 heteroatoms. The van der Waals surface area contributed by atoms with Crippen molar-refractivity contribution >= 4 is 29.4 Å². The Balaban J connectivity index is 1.92. The zero-order valence-corrected chi connectivity index (χ0v) is 17.8. The minimum absolute atomic E-state index is 0.245. The molecule has 1 amide bonds. The van der Waals surface area contributed by atoms with Crippen LogP contribution in [0.5, 0.6) is 0 Å². The van der Waals surface area contributed by atoms with Gasteiger partial charge in [0.1, 0.15) is 11.8 Å². The third kappa shape index (κ3) is 6.02. The van der Waals surface area contributed by atoms with Gasteiger partial charge in [-0.1, -0.05) is 77.1 Å². The number of amides is 1. The van der Waals surface area contributed by atoms with Crippen molar-refractivity contribution < 1.29 is 4.79 Å². The lowest BCUT2D eigenvalue weighted by Gasteiger charge is -2.12. The summed E-state index contributed by atoms with van der Waals surface area (Å²) in [6.45, 7) is 4.00. The molecule has 3 aromatic rings. The van der Waals surface area contributed by atoms with Gasteiger partial charge in [0.2, 0.25) is 0 Å². The van der Waals surface area contributed by atoms with E-state index in [0.29, 0.717) is 5.56 Å². The van der Waals surface area contributed by atoms with Crippen molar-refractivity contribution in [1.82, 2.24) is 5.32 Å². The van der Waals surface area contributed by atoms with Crippen LogP contribution in [0, 0.1) is 25.2 Å². The number of hydrogen-bond acceptors (Lipinski definition) is 4. The Kier molecular flexibility index (Phi) is 7.18. The number of thioether (sulfide) groups is 2. The van der Waals surface area contributed by atoms with Crippen LogP contribution >= 0.6 is 23.5 Å². The van der Waals surface area contributed by atoms with Crippen LogP contribution in [-0.2, 0) is 0 Å². The summed E-state index contributed by atoms with van der Waals surface area (Å²) in [5.74, 6) is -0.294. The largest absolute Gasteiger partial charge is 0.312 e. The first-order valence-corrected chi connectivity index (χ1v) is 10.7. The smallest absolute Gasteiger partial charge is 0.256 e. The fourth-order valence-electron chi connectivity index (χ4n) is 2.45. The maximum Gasteiger partial charge on any atom is 0.256 e. The summed E-state index contributed by atoms with van der Waals surface area (Å²) < 4.78 is 0.725. The summed E-state index contributed by atoms with van der Waals surface area (Å²) in [7, 11) is 0. The van der Waals surface area contributed by atoms with E-state index >= 15 is 0 Å². The Morgan fingerprint density at radius 1 is 0.793 bits per heavy atom. The Morgan fingerprint density at radius 3 is 1.86 bits per heavy atom. The molecule has 0 aliphatic heterocycles. The number of carbonyl (C=O) groups is 1. The molecule has 0 aliphatic carbocycles. The quantitative estimate of drug-likeness (QED) is 0.378. The predicted molar refractivity (Wildman–Crippen MR) is 121 cm³/mol. The molecule has 0 atom stereocenters. The van der Waals surface area contributed by atoms with Gasteiger partial charge >= 0.3 is 0 Å². The second-order valence-corrected chi connectivity index (χ2v) is 8.85. The zero-order chi connectivity index (χ0) is 20.6. The molecule has 0 saturated carbocycles. The topological polar surface area (TPSA) is 52.9 Å². The molecule has 0 unspecified atom stereocenters. The first-order chi connectivity index (χ1) is 14.0. The summed E-state index contributed by atoms with van der Waals surface area (Å²) in [4.78, 5) is 14.7. The van der Waals surface area contributed by atoms with Gasteiger partial charge in [0.15, 0.2) is 0 Å². The standard InChI is InChI=1S/C24H20N2OS2/c1-17-8-12-19(13-9-17)23(27)26-22(16-25)24(28-20-6-4-3-5-7-20)29-21-14-10-18(2)11-15-21/h3-15H,1-2H3,(H,26,27)/b24-22-. The third-order valence-electron chi connectivity index (χ3n) is 4.05. The number of nitrogens with zero attached hydrogens (tertiary/aromatic N) is 1. The first kappa shape index (κ1) is 20.8. The van der Waals surface area contributed by atoms with Crippen LogP contribution < -0.4 is 5.32 Å². The van der Waals surface area contributed by atoms with E-state index in [1.807, 2.05) is 80.6 Å². The van der Waals surface area contributed by atoms with Crippen molar-refractivity contribution in [3.63, 3.8) is 0 Å². The van der Waals surface area contributed by atoms with Gasteiger partial charge in [0.25, 0.3) is 5.91 Å². The normalized spacial score (nSPS) is 11.3. The number of nitriles is 1. The molecule has 3 rings (SSSR count). The maximum atomic E-state index is 12.7. The highest BCUT2D eigenvalue weighted by Gasteiger charge is 2.15. The molecule has 29 heavy (non-hydrogen) atoms. The van der Waals surface area contributed by atoms with Crippen LogP contribution in [0.15, 0.2) is 98.6 Å². The van der Waals surface area contributed by atoms with Gasteiger partial charge in [-0.15, -0.1) is 0 Å². The maximum absolute atomic E-state index is 12.7. The summed E-state index contributed by atoms with van der Waals surface area (Å²) in [6.07, 6.45) is 0. The van der Waals surface area contributed by atoms with Gasteiger partial charge in [0, 0.05) is 15.4 Å². The van der Waals surface area contributed by atoms with E-state index in [4.69, 9.17) is 0 Å². The molecule has 0 heterocycles. The molecule has 0 radical (unpaired) electrons. The summed E-state index contributed by atoms with van der Waals surface area (Å²) >= 11 is 2.94. The Hall–Kier alpha value is -2.94. The van der Waals surface area contributed by atoms with Crippen LogP contribution in [0.1, 0.15) is 21.5 Å². The molecule has 0 aliphatic rings. The van der Waals surface area contributed by atoms with E-state index in [1.54, 1.807) is 12.1 Å². The Bertz CT molecular complexity index is 1050. The molecule has 0 saturated heterocycles. The second-order valence-electron chi connectivity index (χ2n) is 6.42. The lowest BCUT2D eigenvalue weighted by atomic mass is 10.1. The third-order valence-corrected chi connectivity index (χ3v) is 6.35. The van der Waals surface area contributed by atoms with Crippen LogP contribution in [-0.4, -0.2) is 5.91 Å². The average Bonchev–Trinajstić information content (AvgIpc) is 2.74. The van der Waals surface area contributed by atoms with Gasteiger partial charge in [-0.25, -0.2) is 0 Å². The van der Waals surface area contributed by atoms with Crippen molar-refractivity contribution in [2.24, 2.45) is 0 Å². The molecule has 0 fully saturated rings. The fraction of sp³-hybridized carbons (Fsp3) is 0.0833. The number of benzene rings is 3. The minimum atomic E-state index is -0.294. The molecule has 3 aromatic carbocycles. The van der Waals surface area contributed by atoms with E-state index in [1.165, 1.54) is 29.1 Å². The lowest BCUT2D eigenvalue weighted by molar-refractivity contribution is 0.0967. The van der Waals surface area contributed by atoms with Crippen LogP contribution in [0.4, 0.5) is 0 Å². The van der Waals surface area contributed by atoms with E-state index < -0.39 is 0 Å². The SMILES string of the molecule is Cc1ccc(S/C(Sc2ccccc2)=C(/C#N)NC(=O)c2ccc(C)cc2)cc1. The highest BCUT2D eigenvalue weighted by molar-refractivity contribution is 8.22. The summed E-state index contributed by atoms with van der Waals surface area (Å²) in [6, 6.07) is 27.4. The van der Waals surface area contributed by atoms with Crippen molar-refractivity contribution in [3.8, 4) is 6.07 Å². The predicted octanol–water partition coefficient (Wildman–Crippen LogP) is 6.31. The minimum Gasteiger partial charge on any atom is -0.312 e. The Labute approximate surface area is 179 Å². The van der Waals surface area contributed by atoms with Gasteiger partial charge in [-0.05, 0) is 50.2 Å². The van der Waals surface area contributed by atoms with E-state index in [2.05, 4.69) is 11.4 Å². The number of allylic oxidation sites excluding steroid dienone is 1. The van der Waals surface area contributed by atoms with Crippen LogP contribution in [0.25, 0.3) is 0 Å². The van der Waals surface area contributed by atoms with Gasteiger partial charge < -0.3 is 5.32 Å². The number of hydrogen-bond donors (Lipinski definition) is 1. The Morgan fingerprint density at radius 2 is 1.31 bits per heavy atom. The van der Waals surface area contributed by atoms with E-state index in [0.717, 1.165) is 19.6 Å². The monoisotopic (exact) mass is 416 g/mol.